The van der Waals surface area contributed by atoms with E-state index >= 15 is 0 Å². The maximum atomic E-state index is 12.5. The topological polar surface area (TPSA) is 85.4 Å². The Labute approximate surface area is 218 Å². The Balaban J connectivity index is 1.63. The van der Waals surface area contributed by atoms with E-state index in [2.05, 4.69) is 84.7 Å². The van der Waals surface area contributed by atoms with E-state index in [1.54, 1.807) is 11.3 Å². The molecule has 1 aliphatic heterocycles. The second-order valence-corrected chi connectivity index (χ2v) is 10.7. The second-order valence-electron chi connectivity index (χ2n) is 9.70. The molecule has 1 fully saturated rings. The van der Waals surface area contributed by atoms with Crippen LogP contribution in [0.1, 0.15) is 36.8 Å². The molecule has 4 rings (SSSR count). The summed E-state index contributed by atoms with van der Waals surface area (Å²) in [5, 5.41) is 15.1. The van der Waals surface area contributed by atoms with Crippen LogP contribution in [0, 0.1) is 17.2 Å². The lowest BCUT2D eigenvalue weighted by Gasteiger charge is -2.35. The van der Waals surface area contributed by atoms with Gasteiger partial charge in [0.2, 0.25) is 5.91 Å². The quantitative estimate of drug-likeness (QED) is 0.395. The van der Waals surface area contributed by atoms with E-state index in [-0.39, 0.29) is 24.4 Å². The predicted octanol–water partition coefficient (Wildman–Crippen LogP) is 4.64. The number of rotatable bonds is 10. The summed E-state index contributed by atoms with van der Waals surface area (Å²) >= 11 is 1.63. The summed E-state index contributed by atoms with van der Waals surface area (Å²) in [7, 11) is 0. The van der Waals surface area contributed by atoms with Crippen LogP contribution in [0.4, 0.5) is 5.69 Å². The third-order valence-electron chi connectivity index (χ3n) is 6.73. The first-order valence-electron chi connectivity index (χ1n) is 12.6. The van der Waals surface area contributed by atoms with Gasteiger partial charge in [-0.05, 0) is 52.6 Å². The van der Waals surface area contributed by atoms with E-state index in [1.165, 1.54) is 5.69 Å². The SMILES string of the molecule is CC(C)C[C@@H](C(N)=O)N(CC#N)[C@@H](c1ccc(-c2ccc(N3CCNCC3)cc2)cc1)c1cccs1. The molecule has 3 N–H and O–H groups in total. The molecule has 36 heavy (non-hydrogen) atoms. The second kappa shape index (κ2) is 12.2. The zero-order chi connectivity index (χ0) is 25.5. The fourth-order valence-corrected chi connectivity index (χ4v) is 5.81. The molecule has 0 radical (unpaired) electrons. The van der Waals surface area contributed by atoms with Crippen LogP contribution in [-0.2, 0) is 4.79 Å². The largest absolute Gasteiger partial charge is 0.369 e. The molecule has 3 aromatic rings. The Hall–Kier alpha value is -3.18. The third-order valence-corrected chi connectivity index (χ3v) is 7.65. The number of benzene rings is 2. The minimum Gasteiger partial charge on any atom is -0.369 e. The Kier molecular flexibility index (Phi) is 8.76. The van der Waals surface area contributed by atoms with E-state index in [0.717, 1.165) is 47.7 Å². The number of hydrogen-bond donors (Lipinski definition) is 2. The number of hydrogen-bond acceptors (Lipinski definition) is 6. The number of nitrogens with zero attached hydrogens (tertiary/aromatic N) is 3. The van der Waals surface area contributed by atoms with Crippen LogP contribution in [0.5, 0.6) is 0 Å². The van der Waals surface area contributed by atoms with Crippen molar-refractivity contribution < 1.29 is 4.79 Å². The molecule has 0 bridgehead atoms. The normalized spacial score (nSPS) is 15.6. The highest BCUT2D eigenvalue weighted by Gasteiger charge is 2.33. The maximum Gasteiger partial charge on any atom is 0.234 e. The molecule has 2 heterocycles. The Morgan fingerprint density at radius 1 is 1.08 bits per heavy atom. The number of anilines is 1. The number of piperazine rings is 1. The Morgan fingerprint density at radius 3 is 2.25 bits per heavy atom. The molecule has 0 aliphatic carbocycles. The van der Waals surface area contributed by atoms with E-state index in [1.807, 2.05) is 16.3 Å². The third kappa shape index (κ3) is 6.14. The number of thiophene rings is 1. The molecular weight excluding hydrogens is 466 g/mol. The van der Waals surface area contributed by atoms with Crippen LogP contribution in [0.3, 0.4) is 0 Å². The lowest BCUT2D eigenvalue weighted by Crippen LogP contribution is -2.47. The molecule has 1 aliphatic rings. The van der Waals surface area contributed by atoms with Gasteiger partial charge in [-0.15, -0.1) is 11.3 Å². The van der Waals surface area contributed by atoms with Gasteiger partial charge in [-0.2, -0.15) is 5.26 Å². The van der Waals surface area contributed by atoms with Crippen LogP contribution >= 0.6 is 11.3 Å². The molecule has 0 spiro atoms. The summed E-state index contributed by atoms with van der Waals surface area (Å²) < 4.78 is 0. The van der Waals surface area contributed by atoms with Crippen LogP contribution in [0.25, 0.3) is 11.1 Å². The van der Waals surface area contributed by atoms with Gasteiger partial charge in [0.1, 0.15) is 0 Å². The van der Waals surface area contributed by atoms with Gasteiger partial charge in [-0.25, -0.2) is 0 Å². The van der Waals surface area contributed by atoms with Gasteiger partial charge in [0.05, 0.1) is 24.7 Å². The molecule has 1 aromatic heterocycles. The van der Waals surface area contributed by atoms with Crippen molar-refractivity contribution in [3.8, 4) is 17.2 Å². The summed E-state index contributed by atoms with van der Waals surface area (Å²) in [6.07, 6.45) is 0.608. The number of amides is 1. The first-order chi connectivity index (χ1) is 17.5. The summed E-state index contributed by atoms with van der Waals surface area (Å²) in [5.74, 6) is -0.110. The number of nitrogens with one attached hydrogen (secondary N) is 1. The number of carbonyl (C=O) groups is 1. The zero-order valence-corrected chi connectivity index (χ0v) is 21.9. The number of carbonyl (C=O) groups excluding carboxylic acids is 1. The number of primary amides is 1. The molecule has 1 amide bonds. The van der Waals surface area contributed by atoms with Crippen LogP contribution in [0.15, 0.2) is 66.0 Å². The fraction of sp³-hybridized carbons (Fsp3) is 0.379. The van der Waals surface area contributed by atoms with Gasteiger partial charge in [-0.3, -0.25) is 9.69 Å². The smallest absolute Gasteiger partial charge is 0.234 e. The average Bonchev–Trinajstić information content (AvgIpc) is 3.42. The highest BCUT2D eigenvalue weighted by atomic mass is 32.1. The van der Waals surface area contributed by atoms with Gasteiger partial charge < -0.3 is 16.0 Å². The van der Waals surface area contributed by atoms with Crippen LogP contribution in [0.2, 0.25) is 0 Å². The summed E-state index contributed by atoms with van der Waals surface area (Å²) in [4.78, 5) is 18.0. The standard InChI is InChI=1S/C29H35N5OS/c1-21(2)20-26(29(31)35)34(16-13-30)28(27-4-3-19-36-27)24-7-5-22(6-8-24)23-9-11-25(12-10-23)33-17-14-32-15-18-33/h3-12,19,21,26,28,32H,14-18,20H2,1-2H3,(H2,31,35)/t26-,28-/m0/s1. The number of nitrogens with two attached hydrogens (primary N) is 1. The molecule has 6 nitrogen and oxygen atoms in total. The monoisotopic (exact) mass is 501 g/mol. The Morgan fingerprint density at radius 2 is 1.72 bits per heavy atom. The first-order valence-corrected chi connectivity index (χ1v) is 13.5. The average molecular weight is 502 g/mol. The van der Waals surface area contributed by atoms with Crippen molar-refractivity contribution in [2.24, 2.45) is 11.7 Å². The van der Waals surface area contributed by atoms with E-state index in [4.69, 9.17) is 5.73 Å². The van der Waals surface area contributed by atoms with E-state index in [0.29, 0.717) is 6.42 Å². The molecule has 7 heteroatoms. The predicted molar refractivity (Wildman–Crippen MR) is 148 cm³/mol. The van der Waals surface area contributed by atoms with Crippen molar-refractivity contribution in [1.82, 2.24) is 10.2 Å². The van der Waals surface area contributed by atoms with Gasteiger partial charge >= 0.3 is 0 Å². The zero-order valence-electron chi connectivity index (χ0n) is 21.1. The Bertz CT molecular complexity index is 1150. The van der Waals surface area contributed by atoms with Crippen molar-refractivity contribution in [1.29, 1.82) is 5.26 Å². The summed E-state index contributed by atoms with van der Waals surface area (Å²) in [6.45, 7) is 8.36. The van der Waals surface area contributed by atoms with Gasteiger partial charge in [0.25, 0.3) is 0 Å². The molecule has 2 aromatic carbocycles. The van der Waals surface area contributed by atoms with Crippen molar-refractivity contribution in [2.75, 3.05) is 37.6 Å². The molecule has 0 saturated carbocycles. The molecule has 2 atom stereocenters. The van der Waals surface area contributed by atoms with Crippen molar-refractivity contribution in [3.63, 3.8) is 0 Å². The lowest BCUT2D eigenvalue weighted by atomic mass is 9.95. The summed E-state index contributed by atoms with van der Waals surface area (Å²) in [6, 6.07) is 22.8. The number of nitriles is 1. The van der Waals surface area contributed by atoms with Gasteiger partial charge in [0, 0.05) is 36.7 Å². The van der Waals surface area contributed by atoms with E-state index < -0.39 is 6.04 Å². The molecule has 1 saturated heterocycles. The minimum atomic E-state index is -0.519. The van der Waals surface area contributed by atoms with Crippen LogP contribution in [-0.4, -0.2) is 49.6 Å². The summed E-state index contributed by atoms with van der Waals surface area (Å²) in [5.41, 5.74) is 10.5. The van der Waals surface area contributed by atoms with Gasteiger partial charge in [-0.1, -0.05) is 56.3 Å². The highest BCUT2D eigenvalue weighted by Crippen LogP contribution is 2.35. The first kappa shape index (κ1) is 25.9. The van der Waals surface area contributed by atoms with Crippen molar-refractivity contribution in [3.05, 3.63) is 76.5 Å². The molecule has 188 valence electrons. The van der Waals surface area contributed by atoms with E-state index in [9.17, 15) is 10.1 Å². The highest BCUT2D eigenvalue weighted by molar-refractivity contribution is 7.10. The van der Waals surface area contributed by atoms with Gasteiger partial charge in [0.15, 0.2) is 0 Å². The lowest BCUT2D eigenvalue weighted by molar-refractivity contribution is -0.124. The minimum absolute atomic E-state index is 0.123. The fourth-order valence-electron chi connectivity index (χ4n) is 4.94. The molecule has 0 unspecified atom stereocenters. The van der Waals surface area contributed by atoms with Crippen molar-refractivity contribution >= 4 is 22.9 Å². The molecular formula is C29H35N5OS. The van der Waals surface area contributed by atoms with Crippen molar-refractivity contribution in [2.45, 2.75) is 32.4 Å². The maximum absolute atomic E-state index is 12.5. The van der Waals surface area contributed by atoms with Crippen LogP contribution < -0.4 is 16.0 Å².